The van der Waals surface area contributed by atoms with Crippen molar-refractivity contribution in [1.29, 1.82) is 0 Å². The van der Waals surface area contributed by atoms with Gasteiger partial charge in [-0.2, -0.15) is 4.98 Å². The minimum absolute atomic E-state index is 0.0892. The molecular weight excluding hydrogens is 224 g/mol. The summed E-state index contributed by atoms with van der Waals surface area (Å²) in [5.41, 5.74) is 0.128. The molecule has 0 aromatic carbocycles. The first-order chi connectivity index (χ1) is 8.27. The molecule has 96 valence electrons. The molecule has 0 aliphatic heterocycles. The maximum atomic E-state index is 11.3. The van der Waals surface area contributed by atoms with Gasteiger partial charge in [-0.25, -0.2) is 4.79 Å². The molecule has 0 amide bonds. The van der Waals surface area contributed by atoms with Crippen LogP contribution in [0.25, 0.3) is 0 Å². The van der Waals surface area contributed by atoms with Crippen LogP contribution in [0.3, 0.4) is 0 Å². The van der Waals surface area contributed by atoms with E-state index in [0.717, 1.165) is 13.0 Å². The third-order valence-electron chi connectivity index (χ3n) is 1.90. The molecule has 0 unspecified atom stereocenters. The van der Waals surface area contributed by atoms with E-state index in [1.165, 1.54) is 6.26 Å². The molecule has 0 aliphatic rings. The van der Waals surface area contributed by atoms with Crippen LogP contribution in [-0.2, 0) is 4.74 Å². The molecule has 0 saturated heterocycles. The topological polar surface area (TPSA) is 73.6 Å². The third kappa shape index (κ3) is 4.86. The number of carbonyl (C=O) groups is 1. The summed E-state index contributed by atoms with van der Waals surface area (Å²) in [6.07, 6.45) is 2.39. The van der Waals surface area contributed by atoms with Crippen molar-refractivity contribution in [2.75, 3.05) is 26.3 Å². The summed E-state index contributed by atoms with van der Waals surface area (Å²) < 4.78 is 15.0. The number of rotatable bonds is 8. The van der Waals surface area contributed by atoms with Crippen molar-refractivity contribution in [3.05, 3.63) is 12.0 Å². The quantitative estimate of drug-likeness (QED) is 0.546. The van der Waals surface area contributed by atoms with E-state index in [2.05, 4.69) is 17.2 Å². The van der Waals surface area contributed by atoms with Gasteiger partial charge in [0.25, 0.3) is 0 Å². The van der Waals surface area contributed by atoms with Crippen LogP contribution in [-0.4, -0.2) is 37.3 Å². The number of nitrogens with zero attached hydrogens (tertiary/aromatic N) is 1. The molecular formula is C11H18N2O4. The fourth-order valence-electron chi connectivity index (χ4n) is 1.13. The van der Waals surface area contributed by atoms with Crippen molar-refractivity contribution in [1.82, 2.24) is 10.3 Å². The number of hydrogen-bond donors (Lipinski definition) is 1. The Morgan fingerprint density at radius 1 is 1.47 bits per heavy atom. The maximum Gasteiger partial charge on any atom is 0.394 e. The molecule has 6 heteroatoms. The van der Waals surface area contributed by atoms with Crippen molar-refractivity contribution >= 4 is 5.97 Å². The fourth-order valence-corrected chi connectivity index (χ4v) is 1.13. The molecule has 1 N–H and O–H groups in total. The highest BCUT2D eigenvalue weighted by Gasteiger charge is 2.13. The molecule has 17 heavy (non-hydrogen) atoms. The maximum absolute atomic E-state index is 11.3. The lowest BCUT2D eigenvalue weighted by atomic mass is 10.5. The van der Waals surface area contributed by atoms with Gasteiger partial charge in [-0.1, -0.05) is 6.92 Å². The molecule has 1 aromatic heterocycles. The Morgan fingerprint density at radius 3 is 3.00 bits per heavy atom. The van der Waals surface area contributed by atoms with Crippen molar-refractivity contribution in [2.45, 2.75) is 20.3 Å². The summed E-state index contributed by atoms with van der Waals surface area (Å²) in [7, 11) is 0. The monoisotopic (exact) mass is 242 g/mol. The zero-order valence-corrected chi connectivity index (χ0v) is 10.2. The summed E-state index contributed by atoms with van der Waals surface area (Å²) >= 11 is 0. The average molecular weight is 242 g/mol. The van der Waals surface area contributed by atoms with Crippen molar-refractivity contribution in [3.63, 3.8) is 0 Å². The molecule has 0 aliphatic carbocycles. The molecule has 1 heterocycles. The largest absolute Gasteiger partial charge is 0.461 e. The Bertz CT molecular complexity index is 338. The van der Waals surface area contributed by atoms with Crippen molar-refractivity contribution in [2.24, 2.45) is 0 Å². The van der Waals surface area contributed by atoms with Gasteiger partial charge in [0, 0.05) is 6.54 Å². The van der Waals surface area contributed by atoms with E-state index in [4.69, 9.17) is 13.9 Å². The SMILES string of the molecule is CCCNCCOc1nc(C(=O)OCC)co1. The second-order valence-corrected chi connectivity index (χ2v) is 3.32. The van der Waals surface area contributed by atoms with E-state index < -0.39 is 5.97 Å². The molecule has 6 nitrogen and oxygen atoms in total. The average Bonchev–Trinajstić information content (AvgIpc) is 2.78. The summed E-state index contributed by atoms with van der Waals surface area (Å²) in [6.45, 7) is 6.24. The minimum Gasteiger partial charge on any atom is -0.461 e. The normalized spacial score (nSPS) is 10.2. The van der Waals surface area contributed by atoms with E-state index >= 15 is 0 Å². The molecule has 0 fully saturated rings. The summed E-state index contributed by atoms with van der Waals surface area (Å²) in [6, 6.07) is 0. The number of carbonyl (C=O) groups excluding carboxylic acids is 1. The minimum atomic E-state index is -0.504. The van der Waals surface area contributed by atoms with Gasteiger partial charge in [-0.3, -0.25) is 0 Å². The fraction of sp³-hybridized carbons (Fsp3) is 0.636. The highest BCUT2D eigenvalue weighted by molar-refractivity contribution is 5.86. The van der Waals surface area contributed by atoms with Crippen molar-refractivity contribution < 1.29 is 18.7 Å². The van der Waals surface area contributed by atoms with Gasteiger partial charge in [0.15, 0.2) is 5.69 Å². The highest BCUT2D eigenvalue weighted by atomic mass is 16.6. The Morgan fingerprint density at radius 2 is 2.29 bits per heavy atom. The van der Waals surface area contributed by atoms with Gasteiger partial charge in [0.05, 0.1) is 6.61 Å². The van der Waals surface area contributed by atoms with Crippen LogP contribution < -0.4 is 10.1 Å². The van der Waals surface area contributed by atoms with Gasteiger partial charge < -0.3 is 19.2 Å². The van der Waals surface area contributed by atoms with Crippen molar-refractivity contribution in [3.8, 4) is 6.08 Å². The lowest BCUT2D eigenvalue weighted by molar-refractivity contribution is 0.0519. The number of oxazole rings is 1. The van der Waals surface area contributed by atoms with Gasteiger partial charge >= 0.3 is 12.0 Å². The summed E-state index contributed by atoms with van der Waals surface area (Å²) in [4.78, 5) is 15.1. The molecule has 1 rings (SSSR count). The number of nitrogens with one attached hydrogen (secondary N) is 1. The Kier molecular flexibility index (Phi) is 6.09. The van der Waals surface area contributed by atoms with Crippen LogP contribution in [0.4, 0.5) is 0 Å². The third-order valence-corrected chi connectivity index (χ3v) is 1.90. The first kappa shape index (κ1) is 13.5. The lowest BCUT2D eigenvalue weighted by Gasteiger charge is -2.02. The number of aromatic nitrogens is 1. The van der Waals surface area contributed by atoms with E-state index in [1.807, 2.05) is 0 Å². The molecule has 0 bridgehead atoms. The number of ether oxygens (including phenoxy) is 2. The number of esters is 1. The Labute approximate surface area is 100 Å². The first-order valence-electron chi connectivity index (χ1n) is 5.74. The molecule has 0 saturated carbocycles. The van der Waals surface area contributed by atoms with Crippen LogP contribution in [0.1, 0.15) is 30.8 Å². The first-order valence-corrected chi connectivity index (χ1v) is 5.74. The number of hydrogen-bond acceptors (Lipinski definition) is 6. The zero-order chi connectivity index (χ0) is 12.5. The van der Waals surface area contributed by atoms with Crippen LogP contribution in [0.2, 0.25) is 0 Å². The molecule has 0 atom stereocenters. The smallest absolute Gasteiger partial charge is 0.394 e. The van der Waals surface area contributed by atoms with Crippen LogP contribution >= 0.6 is 0 Å². The zero-order valence-electron chi connectivity index (χ0n) is 10.2. The second kappa shape index (κ2) is 7.67. The van der Waals surface area contributed by atoms with Gasteiger partial charge in [-0.05, 0) is 19.9 Å². The lowest BCUT2D eigenvalue weighted by Crippen LogP contribution is -2.21. The molecule has 0 spiro atoms. The predicted molar refractivity (Wildman–Crippen MR) is 61.1 cm³/mol. The van der Waals surface area contributed by atoms with Crippen LogP contribution in [0.15, 0.2) is 10.7 Å². The molecule has 1 aromatic rings. The van der Waals surface area contributed by atoms with E-state index in [0.29, 0.717) is 19.8 Å². The van der Waals surface area contributed by atoms with E-state index in [-0.39, 0.29) is 11.8 Å². The van der Waals surface area contributed by atoms with Crippen LogP contribution in [0, 0.1) is 0 Å². The summed E-state index contributed by atoms with van der Waals surface area (Å²) in [5, 5.41) is 3.17. The Hall–Kier alpha value is -1.56. The molecule has 0 radical (unpaired) electrons. The second-order valence-electron chi connectivity index (χ2n) is 3.32. The van der Waals surface area contributed by atoms with Crippen LogP contribution in [0.5, 0.6) is 6.08 Å². The Balaban J connectivity index is 2.28. The van der Waals surface area contributed by atoms with Gasteiger partial charge in [-0.15, -0.1) is 0 Å². The summed E-state index contributed by atoms with van der Waals surface area (Å²) in [5.74, 6) is -0.504. The van der Waals surface area contributed by atoms with Gasteiger partial charge in [0.1, 0.15) is 12.9 Å². The van der Waals surface area contributed by atoms with E-state index in [1.54, 1.807) is 6.92 Å². The van der Waals surface area contributed by atoms with E-state index in [9.17, 15) is 4.79 Å². The highest BCUT2D eigenvalue weighted by Crippen LogP contribution is 2.10. The standard InChI is InChI=1S/C11H18N2O4/c1-3-5-12-6-7-16-11-13-9(8-17-11)10(14)15-4-2/h8,12H,3-7H2,1-2H3. The van der Waals surface area contributed by atoms with Gasteiger partial charge in [0.2, 0.25) is 0 Å². The predicted octanol–water partition coefficient (Wildman–Crippen LogP) is 1.23.